The minimum absolute atomic E-state index is 0.0102. The van der Waals surface area contributed by atoms with Gasteiger partial charge in [0, 0.05) is 30.2 Å². The number of halogens is 1. The highest BCUT2D eigenvalue weighted by atomic mass is 35.5. The fourth-order valence-corrected chi connectivity index (χ4v) is 4.83. The van der Waals surface area contributed by atoms with Gasteiger partial charge in [0.05, 0.1) is 12.3 Å². The molecular weight excluding hydrogens is 484 g/mol. The monoisotopic (exact) mass is 514 g/mol. The zero-order valence-corrected chi connectivity index (χ0v) is 21.8. The van der Waals surface area contributed by atoms with Crippen LogP contribution in [0.1, 0.15) is 30.9 Å². The highest BCUT2D eigenvalue weighted by Gasteiger charge is 2.29. The number of rotatable bonds is 8. The van der Waals surface area contributed by atoms with Gasteiger partial charge in [-0.05, 0) is 37.6 Å². The number of hydrogen-bond donors (Lipinski definition) is 1. The van der Waals surface area contributed by atoms with E-state index in [2.05, 4.69) is 17.1 Å². The Hall–Kier alpha value is -2.81. The summed E-state index contributed by atoms with van der Waals surface area (Å²) >= 11 is 7.68. The van der Waals surface area contributed by atoms with Gasteiger partial charge in [-0.2, -0.15) is 0 Å². The quantitative estimate of drug-likeness (QED) is 0.446. The van der Waals surface area contributed by atoms with Crippen LogP contribution in [-0.4, -0.2) is 58.8 Å². The molecule has 1 N–H and O–H groups in total. The molecule has 0 aliphatic carbocycles. The third-order valence-electron chi connectivity index (χ3n) is 5.77. The Bertz CT molecular complexity index is 1150. The fraction of sp³-hybridized carbons (Fsp3) is 0.385. The number of unbranched alkanes of at least 4 members (excludes halogenated alkanes) is 1. The summed E-state index contributed by atoms with van der Waals surface area (Å²) in [5.41, 5.74) is 3.02. The van der Waals surface area contributed by atoms with Crippen molar-refractivity contribution in [3.8, 4) is 10.6 Å². The maximum Gasteiger partial charge on any atom is 0.309 e. The first-order valence-corrected chi connectivity index (χ1v) is 12.8. The van der Waals surface area contributed by atoms with E-state index in [4.69, 9.17) is 16.7 Å². The Labute approximate surface area is 215 Å². The van der Waals surface area contributed by atoms with Crippen LogP contribution in [0.5, 0.6) is 0 Å². The molecule has 4 rings (SSSR count). The Kier molecular flexibility index (Phi) is 9.77. The molecule has 7 nitrogen and oxygen atoms in total. The molecule has 0 unspecified atom stereocenters. The normalized spacial score (nSPS) is 13.5. The van der Waals surface area contributed by atoms with Crippen molar-refractivity contribution in [3.63, 3.8) is 0 Å². The van der Waals surface area contributed by atoms with E-state index in [1.54, 1.807) is 4.90 Å². The van der Waals surface area contributed by atoms with Crippen LogP contribution in [0.2, 0.25) is 5.02 Å². The van der Waals surface area contributed by atoms with Crippen molar-refractivity contribution < 1.29 is 14.7 Å². The number of carboxylic acid groups (broad SMARTS) is 1. The van der Waals surface area contributed by atoms with Gasteiger partial charge in [-0.15, -0.1) is 10.2 Å². The zero-order chi connectivity index (χ0) is 25.4. The molecule has 0 saturated carbocycles. The summed E-state index contributed by atoms with van der Waals surface area (Å²) in [5, 5.41) is 19.0. The van der Waals surface area contributed by atoms with E-state index < -0.39 is 5.97 Å². The smallest absolute Gasteiger partial charge is 0.309 e. The molecule has 1 amide bonds. The fourth-order valence-electron chi connectivity index (χ4n) is 3.64. The van der Waals surface area contributed by atoms with Crippen LogP contribution >= 0.6 is 22.9 Å². The third kappa shape index (κ3) is 7.34. The molecule has 1 aliphatic rings. The molecule has 35 heavy (non-hydrogen) atoms. The van der Waals surface area contributed by atoms with Gasteiger partial charge in [-0.25, -0.2) is 0 Å². The third-order valence-corrected chi connectivity index (χ3v) is 7.12. The minimum Gasteiger partial charge on any atom is -0.481 e. The predicted octanol–water partition coefficient (Wildman–Crippen LogP) is 5.18. The lowest BCUT2D eigenvalue weighted by atomic mass is 10.0. The van der Waals surface area contributed by atoms with Gasteiger partial charge in [0.2, 0.25) is 11.0 Å². The van der Waals surface area contributed by atoms with Crippen molar-refractivity contribution in [1.82, 2.24) is 15.1 Å². The molecule has 1 aliphatic heterocycles. The Morgan fingerprint density at radius 1 is 1.14 bits per heavy atom. The number of anilines is 1. The largest absolute Gasteiger partial charge is 0.481 e. The lowest BCUT2D eigenvalue weighted by molar-refractivity contribution is -0.146. The van der Waals surface area contributed by atoms with Crippen molar-refractivity contribution in [2.24, 2.45) is 5.92 Å². The molecule has 9 heteroatoms. The van der Waals surface area contributed by atoms with Crippen LogP contribution in [0.25, 0.3) is 10.6 Å². The van der Waals surface area contributed by atoms with E-state index in [9.17, 15) is 9.59 Å². The summed E-state index contributed by atoms with van der Waals surface area (Å²) in [6.07, 6.45) is 2.16. The molecule has 1 fully saturated rings. The van der Waals surface area contributed by atoms with Gasteiger partial charge in [0.1, 0.15) is 5.01 Å². The molecule has 1 saturated heterocycles. The highest BCUT2D eigenvalue weighted by molar-refractivity contribution is 7.18. The second kappa shape index (κ2) is 12.8. The minimum atomic E-state index is -0.664. The Morgan fingerprint density at radius 3 is 2.43 bits per heavy atom. The van der Waals surface area contributed by atoms with Crippen molar-refractivity contribution in [2.45, 2.75) is 33.1 Å². The first-order valence-electron chi connectivity index (χ1n) is 11.6. The van der Waals surface area contributed by atoms with Gasteiger partial charge in [0.15, 0.2) is 0 Å². The summed E-state index contributed by atoms with van der Waals surface area (Å²) in [7, 11) is 1.92. The molecule has 186 valence electrons. The molecule has 2 heterocycles. The average molecular weight is 515 g/mol. The lowest BCUT2D eigenvalue weighted by Crippen LogP contribution is -2.47. The standard InChI is InChI=1S/C21H22ClN3OS.C5H9NO2/c1-3-4-13-25(19(26)14-16-10-6-8-12-18(16)22)21-24-23-20(27-21)17-11-7-5-9-15(17)2;1-6-2-4(3-6)5(7)8/h5-12H,3-4,13-14H2,1-2H3;4H,2-3H2,1H3,(H,7,8). The van der Waals surface area contributed by atoms with E-state index in [1.165, 1.54) is 11.3 Å². The molecule has 0 atom stereocenters. The number of aromatic nitrogens is 2. The highest BCUT2D eigenvalue weighted by Crippen LogP contribution is 2.31. The van der Waals surface area contributed by atoms with Gasteiger partial charge in [0.25, 0.3) is 0 Å². The van der Waals surface area contributed by atoms with Crippen LogP contribution in [0, 0.1) is 12.8 Å². The number of aryl methyl sites for hydroxylation is 1. The second-order valence-corrected chi connectivity index (χ2v) is 9.99. The number of benzene rings is 2. The first kappa shape index (κ1) is 26.8. The average Bonchev–Trinajstić information content (AvgIpc) is 3.29. The maximum atomic E-state index is 13.0. The van der Waals surface area contributed by atoms with Gasteiger partial charge < -0.3 is 10.0 Å². The summed E-state index contributed by atoms with van der Waals surface area (Å²) in [6, 6.07) is 15.5. The lowest BCUT2D eigenvalue weighted by Gasteiger charge is -2.32. The van der Waals surface area contributed by atoms with Crippen LogP contribution in [-0.2, 0) is 16.0 Å². The molecule has 0 radical (unpaired) electrons. The van der Waals surface area contributed by atoms with Crippen molar-refractivity contribution in [3.05, 3.63) is 64.7 Å². The van der Waals surface area contributed by atoms with E-state index in [0.29, 0.717) is 16.7 Å². The molecule has 3 aromatic rings. The molecule has 2 aromatic carbocycles. The zero-order valence-electron chi connectivity index (χ0n) is 20.3. The SMILES string of the molecule is CCCCN(C(=O)Cc1ccccc1Cl)c1nnc(-c2ccccc2C)s1.CN1CC(C(=O)O)C1. The predicted molar refractivity (Wildman–Crippen MR) is 141 cm³/mol. The van der Waals surface area contributed by atoms with Gasteiger partial charge in [-0.1, -0.05) is 78.7 Å². The first-order chi connectivity index (χ1) is 16.8. The number of nitrogens with zero attached hydrogens (tertiary/aromatic N) is 4. The summed E-state index contributed by atoms with van der Waals surface area (Å²) in [6.45, 7) is 6.22. The van der Waals surface area contributed by atoms with E-state index in [-0.39, 0.29) is 18.2 Å². The van der Waals surface area contributed by atoms with Gasteiger partial charge in [-0.3, -0.25) is 14.5 Å². The van der Waals surface area contributed by atoms with E-state index in [0.717, 1.165) is 47.6 Å². The topological polar surface area (TPSA) is 86.6 Å². The van der Waals surface area contributed by atoms with Crippen LogP contribution in [0.3, 0.4) is 0 Å². The van der Waals surface area contributed by atoms with Crippen molar-refractivity contribution in [2.75, 3.05) is 31.6 Å². The number of carbonyl (C=O) groups is 2. The van der Waals surface area contributed by atoms with Crippen LogP contribution in [0.15, 0.2) is 48.5 Å². The summed E-state index contributed by atoms with van der Waals surface area (Å²) in [4.78, 5) is 26.8. The second-order valence-electron chi connectivity index (χ2n) is 8.63. The van der Waals surface area contributed by atoms with Crippen molar-refractivity contribution >= 4 is 39.9 Å². The number of amides is 1. The Morgan fingerprint density at radius 2 is 1.83 bits per heavy atom. The van der Waals surface area contributed by atoms with Gasteiger partial charge >= 0.3 is 5.97 Å². The summed E-state index contributed by atoms with van der Waals surface area (Å²) < 4.78 is 0. The number of aliphatic carboxylic acids is 1. The number of hydrogen-bond acceptors (Lipinski definition) is 6. The van der Waals surface area contributed by atoms with Crippen molar-refractivity contribution in [1.29, 1.82) is 0 Å². The van der Waals surface area contributed by atoms with E-state index >= 15 is 0 Å². The molecule has 0 spiro atoms. The number of carboxylic acids is 1. The number of carbonyl (C=O) groups excluding carboxylic acids is 1. The maximum absolute atomic E-state index is 13.0. The molecular formula is C26H31ClN4O3S. The summed E-state index contributed by atoms with van der Waals surface area (Å²) in [5.74, 6) is -0.771. The van der Waals surface area contributed by atoms with Crippen LogP contribution < -0.4 is 4.90 Å². The van der Waals surface area contributed by atoms with Crippen LogP contribution in [0.4, 0.5) is 5.13 Å². The Balaban J connectivity index is 0.000000363. The number of likely N-dealkylation sites (tertiary alicyclic amines) is 1. The van der Waals surface area contributed by atoms with E-state index in [1.807, 2.05) is 67.4 Å². The molecule has 0 bridgehead atoms. The molecule has 1 aromatic heterocycles.